The van der Waals surface area contributed by atoms with Gasteiger partial charge in [0.1, 0.15) is 0 Å². The molecule has 1 aliphatic heterocycles. The molecule has 1 saturated heterocycles. The molecule has 1 unspecified atom stereocenters. The Kier molecular flexibility index (Phi) is 5.83. The molecule has 0 spiro atoms. The molecule has 0 radical (unpaired) electrons. The van der Waals surface area contributed by atoms with Gasteiger partial charge in [-0.3, -0.25) is 4.90 Å². The Morgan fingerprint density at radius 1 is 1.39 bits per heavy atom. The highest BCUT2D eigenvalue weighted by molar-refractivity contribution is 9.10. The van der Waals surface area contributed by atoms with E-state index in [1.54, 1.807) is 0 Å². The number of hydrogen-bond acceptors (Lipinski definition) is 3. The topological polar surface area (TPSA) is 29.3 Å². The second-order valence-corrected chi connectivity index (χ2v) is 6.97. The van der Waals surface area contributed by atoms with Crippen molar-refractivity contribution in [2.45, 2.75) is 12.5 Å². The first-order valence-electron chi connectivity index (χ1n) is 6.19. The number of hydrogen-bond donors (Lipinski definition) is 1. The average molecular weight is 350 g/mol. The summed E-state index contributed by atoms with van der Waals surface area (Å²) in [6, 6.07) is 6.31. The molecule has 1 aromatic rings. The van der Waals surface area contributed by atoms with Gasteiger partial charge in [-0.2, -0.15) is 11.8 Å². The minimum absolute atomic E-state index is 0.240. The van der Waals surface area contributed by atoms with Crippen LogP contribution in [0.1, 0.15) is 18.0 Å². The van der Waals surface area contributed by atoms with Crippen LogP contribution in [-0.4, -0.2) is 36.0 Å². The molecule has 5 heteroatoms. The standard InChI is InChI=1S/C13H18BrClN2S/c14-10-2-3-11(12(15)8-10)13(9-16)17-4-1-6-18-7-5-17/h2-3,8,13H,1,4-7,9,16H2. The molecule has 1 atom stereocenters. The fourth-order valence-corrected chi connectivity index (χ4v) is 4.02. The van der Waals surface area contributed by atoms with Crippen molar-refractivity contribution in [1.29, 1.82) is 0 Å². The van der Waals surface area contributed by atoms with Gasteiger partial charge in [0.2, 0.25) is 0 Å². The average Bonchev–Trinajstić information content (AvgIpc) is 2.62. The summed E-state index contributed by atoms with van der Waals surface area (Å²) < 4.78 is 1.01. The van der Waals surface area contributed by atoms with Gasteiger partial charge >= 0.3 is 0 Å². The summed E-state index contributed by atoms with van der Waals surface area (Å²) in [5.74, 6) is 2.44. The fraction of sp³-hybridized carbons (Fsp3) is 0.538. The smallest absolute Gasteiger partial charge is 0.0485 e. The molecule has 0 aromatic heterocycles. The van der Waals surface area contributed by atoms with Crippen LogP contribution < -0.4 is 5.73 Å². The Morgan fingerprint density at radius 2 is 2.22 bits per heavy atom. The SMILES string of the molecule is NCC(c1ccc(Br)cc1Cl)N1CCCSCC1. The molecule has 2 rings (SSSR count). The first kappa shape index (κ1) is 14.7. The number of halogens is 2. The van der Waals surface area contributed by atoms with E-state index >= 15 is 0 Å². The van der Waals surface area contributed by atoms with E-state index in [1.165, 1.54) is 17.9 Å². The van der Waals surface area contributed by atoms with E-state index in [-0.39, 0.29) is 6.04 Å². The summed E-state index contributed by atoms with van der Waals surface area (Å²) in [6.07, 6.45) is 1.23. The van der Waals surface area contributed by atoms with Gasteiger partial charge in [0.25, 0.3) is 0 Å². The molecule has 0 amide bonds. The van der Waals surface area contributed by atoms with Gasteiger partial charge in [0, 0.05) is 34.4 Å². The second kappa shape index (κ2) is 7.15. The van der Waals surface area contributed by atoms with E-state index in [1.807, 2.05) is 23.9 Å². The van der Waals surface area contributed by atoms with Crippen molar-refractivity contribution in [1.82, 2.24) is 4.90 Å². The molecular weight excluding hydrogens is 332 g/mol. The van der Waals surface area contributed by atoms with Crippen molar-refractivity contribution in [2.75, 3.05) is 31.1 Å². The van der Waals surface area contributed by atoms with E-state index in [2.05, 4.69) is 26.9 Å². The van der Waals surface area contributed by atoms with Crippen LogP contribution in [0.3, 0.4) is 0 Å². The predicted octanol–water partition coefficient (Wildman–Crippen LogP) is 3.54. The van der Waals surface area contributed by atoms with Crippen molar-refractivity contribution in [3.63, 3.8) is 0 Å². The number of nitrogens with two attached hydrogens (primary N) is 1. The molecule has 18 heavy (non-hydrogen) atoms. The quantitative estimate of drug-likeness (QED) is 0.905. The second-order valence-electron chi connectivity index (χ2n) is 4.42. The molecule has 1 heterocycles. The van der Waals surface area contributed by atoms with Crippen molar-refractivity contribution < 1.29 is 0 Å². The van der Waals surface area contributed by atoms with E-state index in [9.17, 15) is 0 Å². The lowest BCUT2D eigenvalue weighted by molar-refractivity contribution is 0.218. The third kappa shape index (κ3) is 3.64. The van der Waals surface area contributed by atoms with Gasteiger partial charge in [-0.25, -0.2) is 0 Å². The minimum atomic E-state index is 0.240. The highest BCUT2D eigenvalue weighted by Gasteiger charge is 2.22. The first-order chi connectivity index (χ1) is 8.72. The third-order valence-corrected chi connectivity index (χ3v) is 5.11. The molecule has 0 aliphatic carbocycles. The highest BCUT2D eigenvalue weighted by atomic mass is 79.9. The van der Waals surface area contributed by atoms with Crippen LogP contribution in [0.15, 0.2) is 22.7 Å². The summed E-state index contributed by atoms with van der Waals surface area (Å²) in [5, 5.41) is 0.803. The van der Waals surface area contributed by atoms with E-state index < -0.39 is 0 Å². The first-order valence-corrected chi connectivity index (χ1v) is 8.51. The van der Waals surface area contributed by atoms with Gasteiger partial charge in [-0.15, -0.1) is 0 Å². The lowest BCUT2D eigenvalue weighted by atomic mass is 10.0. The fourth-order valence-electron chi connectivity index (χ4n) is 2.32. The van der Waals surface area contributed by atoms with Crippen LogP contribution in [0.5, 0.6) is 0 Å². The van der Waals surface area contributed by atoms with Gasteiger partial charge < -0.3 is 5.73 Å². The Hall–Kier alpha value is 0.260. The van der Waals surface area contributed by atoms with Crippen molar-refractivity contribution in [3.8, 4) is 0 Å². The van der Waals surface area contributed by atoms with E-state index in [0.717, 1.165) is 28.1 Å². The summed E-state index contributed by atoms with van der Waals surface area (Å²) in [6.45, 7) is 2.83. The Labute approximate surface area is 126 Å². The highest BCUT2D eigenvalue weighted by Crippen LogP contribution is 2.30. The maximum atomic E-state index is 6.35. The summed E-state index contributed by atoms with van der Waals surface area (Å²) >= 11 is 11.8. The number of benzene rings is 1. The largest absolute Gasteiger partial charge is 0.329 e. The lowest BCUT2D eigenvalue weighted by Gasteiger charge is -2.30. The van der Waals surface area contributed by atoms with E-state index in [4.69, 9.17) is 17.3 Å². The molecular formula is C13H18BrClN2S. The molecule has 100 valence electrons. The zero-order valence-corrected chi connectivity index (χ0v) is 13.4. The number of nitrogens with zero attached hydrogens (tertiary/aromatic N) is 1. The molecule has 0 bridgehead atoms. The Morgan fingerprint density at radius 3 is 2.94 bits per heavy atom. The van der Waals surface area contributed by atoms with Crippen molar-refractivity contribution in [2.24, 2.45) is 5.73 Å². The van der Waals surface area contributed by atoms with Crippen LogP contribution in [0.25, 0.3) is 0 Å². The van der Waals surface area contributed by atoms with Crippen LogP contribution in [-0.2, 0) is 0 Å². The zero-order chi connectivity index (χ0) is 13.0. The Bertz CT molecular complexity index is 395. The maximum absolute atomic E-state index is 6.35. The molecule has 1 aliphatic rings. The summed E-state index contributed by atoms with van der Waals surface area (Å²) in [5.41, 5.74) is 7.12. The zero-order valence-electron chi connectivity index (χ0n) is 10.2. The van der Waals surface area contributed by atoms with Crippen LogP contribution in [0.4, 0.5) is 0 Å². The van der Waals surface area contributed by atoms with Crippen molar-refractivity contribution >= 4 is 39.3 Å². The van der Waals surface area contributed by atoms with Crippen LogP contribution >= 0.6 is 39.3 Å². The summed E-state index contributed by atoms with van der Waals surface area (Å²) in [4.78, 5) is 2.47. The van der Waals surface area contributed by atoms with E-state index in [0.29, 0.717) is 6.54 Å². The normalized spacial score (nSPS) is 19.5. The van der Waals surface area contributed by atoms with Crippen molar-refractivity contribution in [3.05, 3.63) is 33.3 Å². The molecule has 0 saturated carbocycles. The van der Waals surface area contributed by atoms with Gasteiger partial charge in [0.15, 0.2) is 0 Å². The van der Waals surface area contributed by atoms with Crippen LogP contribution in [0, 0.1) is 0 Å². The third-order valence-electron chi connectivity index (χ3n) is 3.24. The van der Waals surface area contributed by atoms with Gasteiger partial charge in [0.05, 0.1) is 0 Å². The Balaban J connectivity index is 2.20. The van der Waals surface area contributed by atoms with Gasteiger partial charge in [-0.1, -0.05) is 33.6 Å². The number of thioether (sulfide) groups is 1. The van der Waals surface area contributed by atoms with Gasteiger partial charge in [-0.05, 0) is 36.4 Å². The molecule has 2 nitrogen and oxygen atoms in total. The molecule has 2 N–H and O–H groups in total. The predicted molar refractivity (Wildman–Crippen MR) is 84.5 cm³/mol. The maximum Gasteiger partial charge on any atom is 0.0485 e. The monoisotopic (exact) mass is 348 g/mol. The lowest BCUT2D eigenvalue weighted by Crippen LogP contribution is -2.35. The minimum Gasteiger partial charge on any atom is -0.329 e. The molecule has 1 aromatic carbocycles. The number of rotatable bonds is 3. The summed E-state index contributed by atoms with van der Waals surface area (Å²) in [7, 11) is 0. The molecule has 1 fully saturated rings. The van der Waals surface area contributed by atoms with Crippen LogP contribution in [0.2, 0.25) is 5.02 Å².